The summed E-state index contributed by atoms with van der Waals surface area (Å²) in [6.45, 7) is 3.84. The maximum atomic E-state index is 12.4. The van der Waals surface area contributed by atoms with Gasteiger partial charge in [0.2, 0.25) is 5.91 Å². The molecule has 1 heterocycles. The number of hydrogen-bond donors (Lipinski definition) is 2. The van der Waals surface area contributed by atoms with Gasteiger partial charge in [-0.25, -0.2) is 0 Å². The Bertz CT molecular complexity index is 904. The number of nitrogens with zero attached hydrogens (tertiary/aromatic N) is 3. The van der Waals surface area contributed by atoms with E-state index in [9.17, 15) is 9.90 Å². The average Bonchev–Trinajstić information content (AvgIpc) is 2.98. The predicted octanol–water partition coefficient (Wildman–Crippen LogP) is 3.62. The maximum absolute atomic E-state index is 12.4. The van der Waals surface area contributed by atoms with Gasteiger partial charge in [-0.2, -0.15) is 0 Å². The summed E-state index contributed by atoms with van der Waals surface area (Å²) in [5, 5.41) is 21.0. The molecule has 2 aromatic carbocycles. The largest absolute Gasteiger partial charge is 0.508 e. The fourth-order valence-electron chi connectivity index (χ4n) is 2.37. The van der Waals surface area contributed by atoms with Crippen LogP contribution in [-0.2, 0) is 11.8 Å². The van der Waals surface area contributed by atoms with Crippen molar-refractivity contribution in [3.8, 4) is 17.1 Å². The Morgan fingerprint density at radius 2 is 1.77 bits per heavy atom. The molecule has 0 aliphatic rings. The quantitative estimate of drug-likeness (QED) is 0.673. The number of thioether (sulfide) groups is 1. The molecule has 3 aromatic rings. The topological polar surface area (TPSA) is 80.0 Å². The molecule has 2 N–H and O–H groups in total. The van der Waals surface area contributed by atoms with Gasteiger partial charge in [0.05, 0.1) is 5.25 Å². The Hall–Kier alpha value is -2.80. The SMILES string of the molecule is Cc1ccc(NC(=O)[C@H](C)Sc2nnc(-c3ccc(O)cc3)n2C)cc1. The highest BCUT2D eigenvalue weighted by atomic mass is 32.2. The van der Waals surface area contributed by atoms with Crippen molar-refractivity contribution < 1.29 is 9.90 Å². The molecule has 6 nitrogen and oxygen atoms in total. The van der Waals surface area contributed by atoms with E-state index in [4.69, 9.17) is 0 Å². The number of benzene rings is 2. The van der Waals surface area contributed by atoms with Crippen molar-refractivity contribution in [3.63, 3.8) is 0 Å². The Morgan fingerprint density at radius 1 is 1.12 bits per heavy atom. The maximum Gasteiger partial charge on any atom is 0.237 e. The van der Waals surface area contributed by atoms with Crippen molar-refractivity contribution in [2.45, 2.75) is 24.3 Å². The number of anilines is 1. The Kier molecular flexibility index (Phi) is 5.27. The first kappa shape index (κ1) is 18.0. The highest BCUT2D eigenvalue weighted by Gasteiger charge is 2.19. The zero-order chi connectivity index (χ0) is 18.7. The van der Waals surface area contributed by atoms with Gasteiger partial charge < -0.3 is 15.0 Å². The molecule has 0 radical (unpaired) electrons. The van der Waals surface area contributed by atoms with Gasteiger partial charge in [-0.1, -0.05) is 29.5 Å². The van der Waals surface area contributed by atoms with Crippen LogP contribution in [0.25, 0.3) is 11.4 Å². The smallest absolute Gasteiger partial charge is 0.237 e. The van der Waals surface area contributed by atoms with Crippen molar-refractivity contribution in [1.29, 1.82) is 0 Å². The third kappa shape index (κ3) is 4.05. The van der Waals surface area contributed by atoms with Crippen molar-refractivity contribution in [1.82, 2.24) is 14.8 Å². The number of carbonyl (C=O) groups is 1. The number of phenols is 1. The Balaban J connectivity index is 1.69. The van der Waals surface area contributed by atoms with Crippen LogP contribution in [0.5, 0.6) is 5.75 Å². The number of rotatable bonds is 5. The van der Waals surface area contributed by atoms with E-state index in [2.05, 4.69) is 15.5 Å². The molecule has 3 rings (SSSR count). The summed E-state index contributed by atoms with van der Waals surface area (Å²) < 4.78 is 1.84. The molecule has 134 valence electrons. The molecule has 1 amide bonds. The third-order valence-corrected chi connectivity index (χ3v) is 5.06. The first-order valence-corrected chi connectivity index (χ1v) is 9.05. The van der Waals surface area contributed by atoms with Crippen molar-refractivity contribution in [2.24, 2.45) is 7.05 Å². The van der Waals surface area contributed by atoms with Crippen LogP contribution in [0.4, 0.5) is 5.69 Å². The molecule has 0 aliphatic carbocycles. The van der Waals surface area contributed by atoms with Gasteiger partial charge in [-0.15, -0.1) is 10.2 Å². The third-order valence-electron chi connectivity index (χ3n) is 3.93. The Morgan fingerprint density at radius 3 is 2.42 bits per heavy atom. The monoisotopic (exact) mass is 368 g/mol. The molecular formula is C19H20N4O2S. The number of aromatic nitrogens is 3. The van der Waals surface area contributed by atoms with E-state index in [-0.39, 0.29) is 16.9 Å². The molecule has 0 spiro atoms. The second-order valence-corrected chi connectivity index (χ2v) is 7.34. The van der Waals surface area contributed by atoms with Gasteiger partial charge in [0.15, 0.2) is 11.0 Å². The molecule has 1 atom stereocenters. The van der Waals surface area contributed by atoms with Gasteiger partial charge in [-0.3, -0.25) is 4.79 Å². The fraction of sp³-hybridized carbons (Fsp3) is 0.211. The summed E-state index contributed by atoms with van der Waals surface area (Å²) in [4.78, 5) is 12.4. The van der Waals surface area contributed by atoms with E-state index >= 15 is 0 Å². The lowest BCUT2D eigenvalue weighted by Gasteiger charge is -2.12. The van der Waals surface area contributed by atoms with Crippen molar-refractivity contribution >= 4 is 23.4 Å². The van der Waals surface area contributed by atoms with Crippen LogP contribution >= 0.6 is 11.8 Å². The first-order valence-electron chi connectivity index (χ1n) is 8.17. The number of phenolic OH excluding ortho intramolecular Hbond substituents is 1. The predicted molar refractivity (Wildman–Crippen MR) is 103 cm³/mol. The molecule has 0 saturated carbocycles. The number of aryl methyl sites for hydroxylation is 1. The lowest BCUT2D eigenvalue weighted by molar-refractivity contribution is -0.115. The standard InChI is InChI=1S/C19H20N4O2S/c1-12-4-8-15(9-5-12)20-18(25)13(2)26-19-22-21-17(23(19)3)14-6-10-16(24)11-7-14/h4-11,13,24H,1-3H3,(H,20,25)/t13-/m0/s1. The zero-order valence-corrected chi connectivity index (χ0v) is 15.6. The molecule has 0 unspecified atom stereocenters. The minimum atomic E-state index is -0.327. The summed E-state index contributed by atoms with van der Waals surface area (Å²) in [6, 6.07) is 14.5. The van der Waals surface area contributed by atoms with Gasteiger partial charge >= 0.3 is 0 Å². The minimum absolute atomic E-state index is 0.0898. The molecule has 0 saturated heterocycles. The normalized spacial score (nSPS) is 12.0. The first-order chi connectivity index (χ1) is 12.4. The molecular weight excluding hydrogens is 348 g/mol. The van der Waals surface area contributed by atoms with Crippen molar-refractivity contribution in [2.75, 3.05) is 5.32 Å². The van der Waals surface area contributed by atoms with Crippen molar-refractivity contribution in [3.05, 3.63) is 54.1 Å². The highest BCUT2D eigenvalue weighted by molar-refractivity contribution is 8.00. The second-order valence-electron chi connectivity index (χ2n) is 6.03. The Labute approximate surface area is 156 Å². The van der Waals surface area contributed by atoms with Crippen LogP contribution in [0, 0.1) is 6.92 Å². The van der Waals surface area contributed by atoms with Crippen LogP contribution in [-0.4, -0.2) is 31.0 Å². The molecule has 0 aliphatic heterocycles. The van der Waals surface area contributed by atoms with Gasteiger partial charge in [-0.05, 0) is 50.2 Å². The van der Waals surface area contributed by atoms with E-state index in [0.717, 1.165) is 16.8 Å². The minimum Gasteiger partial charge on any atom is -0.508 e. The summed E-state index contributed by atoms with van der Waals surface area (Å²) in [7, 11) is 1.86. The van der Waals surface area contributed by atoms with Crippen LogP contribution in [0.1, 0.15) is 12.5 Å². The molecule has 7 heteroatoms. The van der Waals surface area contributed by atoms with E-state index < -0.39 is 0 Å². The fourth-order valence-corrected chi connectivity index (χ4v) is 3.19. The van der Waals surface area contributed by atoms with Gasteiger partial charge in [0, 0.05) is 18.3 Å². The van der Waals surface area contributed by atoms with E-state index in [0.29, 0.717) is 11.0 Å². The van der Waals surface area contributed by atoms with Crippen LogP contribution in [0.3, 0.4) is 0 Å². The lowest BCUT2D eigenvalue weighted by Crippen LogP contribution is -2.22. The van der Waals surface area contributed by atoms with Crippen LogP contribution in [0.2, 0.25) is 0 Å². The summed E-state index contributed by atoms with van der Waals surface area (Å²) >= 11 is 1.35. The summed E-state index contributed by atoms with van der Waals surface area (Å²) in [5.41, 5.74) is 2.77. The molecule has 1 aromatic heterocycles. The second kappa shape index (κ2) is 7.61. The van der Waals surface area contributed by atoms with E-state index in [1.165, 1.54) is 11.8 Å². The van der Waals surface area contributed by atoms with Crippen LogP contribution in [0.15, 0.2) is 53.7 Å². The van der Waals surface area contributed by atoms with Gasteiger partial charge in [0.25, 0.3) is 0 Å². The molecule has 0 fully saturated rings. The average molecular weight is 368 g/mol. The van der Waals surface area contributed by atoms with Crippen LogP contribution < -0.4 is 5.32 Å². The number of nitrogens with one attached hydrogen (secondary N) is 1. The number of hydrogen-bond acceptors (Lipinski definition) is 5. The summed E-state index contributed by atoms with van der Waals surface area (Å²) in [6.07, 6.45) is 0. The number of carbonyl (C=O) groups excluding carboxylic acids is 1. The highest BCUT2D eigenvalue weighted by Crippen LogP contribution is 2.27. The van der Waals surface area contributed by atoms with Gasteiger partial charge in [0.1, 0.15) is 5.75 Å². The zero-order valence-electron chi connectivity index (χ0n) is 14.8. The summed E-state index contributed by atoms with van der Waals surface area (Å²) in [5.74, 6) is 0.790. The molecule has 26 heavy (non-hydrogen) atoms. The lowest BCUT2D eigenvalue weighted by atomic mass is 10.2. The molecule has 0 bridgehead atoms. The van der Waals surface area contributed by atoms with E-state index in [1.807, 2.05) is 49.7 Å². The number of amides is 1. The van der Waals surface area contributed by atoms with E-state index in [1.54, 1.807) is 24.3 Å². The number of aromatic hydroxyl groups is 1.